The quantitative estimate of drug-likeness (QED) is 0.481. The van der Waals surface area contributed by atoms with Gasteiger partial charge in [-0.15, -0.1) is 0 Å². The number of benzene rings is 2. The molecule has 0 saturated heterocycles. The maximum atomic E-state index is 12.3. The minimum atomic E-state index is -0.164. The Morgan fingerprint density at radius 3 is 2.52 bits per heavy atom. The summed E-state index contributed by atoms with van der Waals surface area (Å²) in [6.45, 7) is -0.144. The van der Waals surface area contributed by atoms with Gasteiger partial charge in [-0.25, -0.2) is 4.98 Å². The number of aromatic nitrogens is 2. The van der Waals surface area contributed by atoms with E-state index in [2.05, 4.69) is 10.1 Å². The maximum absolute atomic E-state index is 12.3. The SMILES string of the molecule is COc1ccc(C(=O)COc2noc3nc(-c4ccccc4)ccc23)cc1. The Hall–Kier alpha value is -3.67. The minimum absolute atomic E-state index is 0.144. The Labute approximate surface area is 155 Å². The van der Waals surface area contributed by atoms with Crippen molar-refractivity contribution in [2.45, 2.75) is 0 Å². The maximum Gasteiger partial charge on any atom is 0.264 e. The van der Waals surface area contributed by atoms with E-state index in [4.69, 9.17) is 14.0 Å². The number of hydrogen-bond acceptors (Lipinski definition) is 6. The molecule has 0 unspecified atom stereocenters. The van der Waals surface area contributed by atoms with Gasteiger partial charge in [-0.2, -0.15) is 0 Å². The highest BCUT2D eigenvalue weighted by molar-refractivity contribution is 5.97. The topological polar surface area (TPSA) is 74.5 Å². The van der Waals surface area contributed by atoms with Gasteiger partial charge in [0.15, 0.2) is 12.4 Å². The van der Waals surface area contributed by atoms with Crippen molar-refractivity contribution in [1.82, 2.24) is 10.1 Å². The van der Waals surface area contributed by atoms with Crippen molar-refractivity contribution in [3.63, 3.8) is 0 Å². The number of fused-ring (bicyclic) bond motifs is 1. The number of rotatable bonds is 6. The second-order valence-electron chi connectivity index (χ2n) is 5.84. The van der Waals surface area contributed by atoms with Crippen LogP contribution in [0.15, 0.2) is 71.3 Å². The monoisotopic (exact) mass is 360 g/mol. The predicted octanol–water partition coefficient (Wildman–Crippen LogP) is 4.16. The van der Waals surface area contributed by atoms with Crippen LogP contribution in [0.25, 0.3) is 22.4 Å². The van der Waals surface area contributed by atoms with Crippen LogP contribution in [0.5, 0.6) is 11.6 Å². The molecule has 6 heteroatoms. The van der Waals surface area contributed by atoms with Crippen molar-refractivity contribution < 1.29 is 18.8 Å². The van der Waals surface area contributed by atoms with Crippen LogP contribution in [0.2, 0.25) is 0 Å². The number of ether oxygens (including phenoxy) is 2. The van der Waals surface area contributed by atoms with Gasteiger partial charge in [-0.05, 0) is 41.6 Å². The first-order valence-corrected chi connectivity index (χ1v) is 8.36. The van der Waals surface area contributed by atoms with Gasteiger partial charge in [-0.1, -0.05) is 30.3 Å². The van der Waals surface area contributed by atoms with E-state index >= 15 is 0 Å². The fraction of sp³-hybridized carbons (Fsp3) is 0.0952. The first-order valence-electron chi connectivity index (χ1n) is 8.36. The van der Waals surface area contributed by atoms with Crippen LogP contribution in [0, 0.1) is 0 Å². The van der Waals surface area contributed by atoms with Crippen molar-refractivity contribution in [1.29, 1.82) is 0 Å². The van der Waals surface area contributed by atoms with Gasteiger partial charge < -0.3 is 14.0 Å². The zero-order valence-electron chi connectivity index (χ0n) is 14.6. The standard InChI is InChI=1S/C21H16N2O4/c1-25-16-9-7-15(8-10-16)19(24)13-26-21-17-11-12-18(22-20(17)27-23-21)14-5-3-2-4-6-14/h2-12H,13H2,1H3. The average Bonchev–Trinajstić information content (AvgIpc) is 3.15. The van der Waals surface area contributed by atoms with E-state index in [-0.39, 0.29) is 18.3 Å². The molecule has 0 aliphatic carbocycles. The van der Waals surface area contributed by atoms with Crippen LogP contribution in [0.3, 0.4) is 0 Å². The van der Waals surface area contributed by atoms with Gasteiger partial charge in [0.2, 0.25) is 0 Å². The molecule has 2 aromatic heterocycles. The number of carbonyl (C=O) groups is 1. The zero-order chi connectivity index (χ0) is 18.6. The number of hydrogen-bond donors (Lipinski definition) is 0. The van der Waals surface area contributed by atoms with Crippen molar-refractivity contribution in [3.8, 4) is 22.9 Å². The second-order valence-corrected chi connectivity index (χ2v) is 5.84. The lowest BCUT2D eigenvalue weighted by Gasteiger charge is -2.04. The summed E-state index contributed by atoms with van der Waals surface area (Å²) in [5.41, 5.74) is 2.66. The molecule has 0 bridgehead atoms. The molecule has 4 rings (SSSR count). The van der Waals surface area contributed by atoms with Gasteiger partial charge in [-0.3, -0.25) is 4.79 Å². The summed E-state index contributed by atoms with van der Waals surface area (Å²) in [6.07, 6.45) is 0. The lowest BCUT2D eigenvalue weighted by molar-refractivity contribution is 0.0916. The molecule has 2 heterocycles. The Balaban J connectivity index is 1.50. The number of Topliss-reactive ketones (excluding diaryl/α,β-unsaturated/α-hetero) is 1. The number of ketones is 1. The summed E-state index contributed by atoms with van der Waals surface area (Å²) in [6, 6.07) is 20.3. The Bertz CT molecular complexity index is 1070. The van der Waals surface area contributed by atoms with Crippen molar-refractivity contribution in [3.05, 3.63) is 72.3 Å². The summed E-state index contributed by atoms with van der Waals surface area (Å²) < 4.78 is 15.9. The average molecular weight is 360 g/mol. The molecule has 4 aromatic rings. The van der Waals surface area contributed by atoms with Gasteiger partial charge in [0.05, 0.1) is 12.8 Å². The second kappa shape index (κ2) is 7.29. The van der Waals surface area contributed by atoms with E-state index < -0.39 is 0 Å². The van der Waals surface area contributed by atoms with Crippen molar-refractivity contribution in [2.24, 2.45) is 0 Å². The third-order valence-corrected chi connectivity index (χ3v) is 4.13. The molecule has 0 aliphatic heterocycles. The van der Waals surface area contributed by atoms with Crippen LogP contribution in [-0.2, 0) is 0 Å². The molecular formula is C21H16N2O4. The highest BCUT2D eigenvalue weighted by atomic mass is 16.5. The van der Waals surface area contributed by atoms with E-state index in [1.54, 1.807) is 31.4 Å². The molecule has 0 fully saturated rings. The largest absolute Gasteiger partial charge is 0.497 e. The first-order chi connectivity index (χ1) is 13.2. The Kier molecular flexibility index (Phi) is 4.53. The first kappa shape index (κ1) is 16.8. The molecule has 27 heavy (non-hydrogen) atoms. The number of pyridine rings is 1. The van der Waals surface area contributed by atoms with Gasteiger partial charge in [0.1, 0.15) is 11.1 Å². The van der Waals surface area contributed by atoms with Gasteiger partial charge >= 0.3 is 0 Å². The van der Waals surface area contributed by atoms with E-state index in [0.29, 0.717) is 22.4 Å². The molecule has 0 aliphatic rings. The highest BCUT2D eigenvalue weighted by Crippen LogP contribution is 2.27. The van der Waals surface area contributed by atoms with Crippen LogP contribution >= 0.6 is 0 Å². The van der Waals surface area contributed by atoms with E-state index in [0.717, 1.165) is 11.3 Å². The molecule has 0 atom stereocenters. The molecule has 6 nitrogen and oxygen atoms in total. The molecule has 2 aromatic carbocycles. The number of nitrogens with zero attached hydrogens (tertiary/aromatic N) is 2. The molecule has 0 radical (unpaired) electrons. The third-order valence-electron chi connectivity index (χ3n) is 4.13. The third kappa shape index (κ3) is 3.50. The van der Waals surface area contributed by atoms with Gasteiger partial charge in [0, 0.05) is 11.1 Å². The van der Waals surface area contributed by atoms with Gasteiger partial charge in [0.25, 0.3) is 11.6 Å². The van der Waals surface area contributed by atoms with Crippen molar-refractivity contribution in [2.75, 3.05) is 13.7 Å². The summed E-state index contributed by atoms with van der Waals surface area (Å²) in [5.74, 6) is 0.775. The van der Waals surface area contributed by atoms with Crippen molar-refractivity contribution >= 4 is 16.9 Å². The normalized spacial score (nSPS) is 10.7. The fourth-order valence-corrected chi connectivity index (χ4v) is 2.67. The fourth-order valence-electron chi connectivity index (χ4n) is 2.67. The minimum Gasteiger partial charge on any atom is -0.497 e. The zero-order valence-corrected chi connectivity index (χ0v) is 14.6. The Morgan fingerprint density at radius 1 is 1.00 bits per heavy atom. The van der Waals surface area contributed by atoms with E-state index in [1.807, 2.05) is 42.5 Å². The molecule has 0 saturated carbocycles. The summed E-state index contributed by atoms with van der Waals surface area (Å²) in [5, 5.41) is 4.51. The van der Waals surface area contributed by atoms with Crippen LogP contribution in [-0.4, -0.2) is 29.6 Å². The molecule has 0 spiro atoms. The smallest absolute Gasteiger partial charge is 0.264 e. The summed E-state index contributed by atoms with van der Waals surface area (Å²) >= 11 is 0. The Morgan fingerprint density at radius 2 is 1.78 bits per heavy atom. The summed E-state index contributed by atoms with van der Waals surface area (Å²) in [7, 11) is 1.58. The molecule has 0 amide bonds. The highest BCUT2D eigenvalue weighted by Gasteiger charge is 2.14. The molecule has 0 N–H and O–H groups in total. The van der Waals surface area contributed by atoms with Crippen LogP contribution in [0.1, 0.15) is 10.4 Å². The molecule has 134 valence electrons. The lowest BCUT2D eigenvalue weighted by Crippen LogP contribution is -2.11. The van der Waals surface area contributed by atoms with Crippen LogP contribution in [0.4, 0.5) is 0 Å². The molecular weight excluding hydrogens is 344 g/mol. The number of methoxy groups -OCH3 is 1. The number of carbonyl (C=O) groups excluding carboxylic acids is 1. The van der Waals surface area contributed by atoms with Crippen LogP contribution < -0.4 is 9.47 Å². The summed E-state index contributed by atoms with van der Waals surface area (Å²) in [4.78, 5) is 16.7. The lowest BCUT2D eigenvalue weighted by atomic mass is 10.1. The van der Waals surface area contributed by atoms with E-state index in [1.165, 1.54) is 0 Å². The predicted molar refractivity (Wildman–Crippen MR) is 100 cm³/mol. The van der Waals surface area contributed by atoms with E-state index in [9.17, 15) is 4.79 Å².